The molecule has 0 aromatic heterocycles. The summed E-state index contributed by atoms with van der Waals surface area (Å²) < 4.78 is 4.34. The molecule has 0 aliphatic rings. The van der Waals surface area contributed by atoms with E-state index in [1.165, 1.54) is 26.7 Å². The van der Waals surface area contributed by atoms with Crippen LogP contribution in [0.15, 0.2) is 92.5 Å². The zero-order valence-corrected chi connectivity index (χ0v) is 17.7. The summed E-state index contributed by atoms with van der Waals surface area (Å²) in [6, 6.07) is 26.0. The summed E-state index contributed by atoms with van der Waals surface area (Å²) in [7, 11) is 0. The van der Waals surface area contributed by atoms with Crippen molar-refractivity contribution in [3.8, 4) is 0 Å². The van der Waals surface area contributed by atoms with Crippen LogP contribution in [-0.4, -0.2) is 21.4 Å². The van der Waals surface area contributed by atoms with E-state index in [0.717, 1.165) is 0 Å². The van der Waals surface area contributed by atoms with Gasteiger partial charge in [0.1, 0.15) is 0 Å². The zero-order valence-electron chi connectivity index (χ0n) is 14.4. The van der Waals surface area contributed by atoms with E-state index in [1.807, 2.05) is 18.2 Å². The van der Waals surface area contributed by atoms with Crippen molar-refractivity contribution in [2.24, 2.45) is 0 Å². The van der Waals surface area contributed by atoms with Crippen molar-refractivity contribution < 1.29 is 0 Å². The van der Waals surface area contributed by atoms with Crippen LogP contribution in [0.3, 0.4) is 0 Å². The molecule has 0 saturated heterocycles. The molecule has 0 aliphatic carbocycles. The fourth-order valence-corrected chi connectivity index (χ4v) is 13.5. The third kappa shape index (κ3) is 3.57. The number of hydrogen-bond donors (Lipinski definition) is 0. The normalized spacial score (nSPS) is 10.1. The van der Waals surface area contributed by atoms with E-state index in [-0.39, 0.29) is 0 Å². The number of rotatable bonds is 6. The van der Waals surface area contributed by atoms with Gasteiger partial charge in [0.05, 0.1) is 0 Å². The molecule has 0 aliphatic heterocycles. The monoisotopic (exact) mass is 424 g/mol. The standard InChI is InChI=1S/3C8H7.In/c3*1-2-8-6-4-3-5-7-8;/h3*2-6H,1H2;. The predicted molar refractivity (Wildman–Crippen MR) is 114 cm³/mol. The quantitative estimate of drug-likeness (QED) is 0.559. The van der Waals surface area contributed by atoms with Gasteiger partial charge in [0.25, 0.3) is 0 Å². The minimum absolute atomic E-state index is 1.24. The Labute approximate surface area is 158 Å². The third-order valence-corrected chi connectivity index (χ3v) is 14.4. The van der Waals surface area contributed by atoms with E-state index in [4.69, 9.17) is 0 Å². The van der Waals surface area contributed by atoms with Gasteiger partial charge < -0.3 is 0 Å². The van der Waals surface area contributed by atoms with Crippen LogP contribution in [0.2, 0.25) is 0 Å². The Bertz CT molecular complexity index is 798. The van der Waals surface area contributed by atoms with E-state index < -0.39 is 21.4 Å². The van der Waals surface area contributed by atoms with Crippen molar-refractivity contribution in [1.82, 2.24) is 0 Å². The second-order valence-corrected chi connectivity index (χ2v) is 13.7. The van der Waals surface area contributed by atoms with Gasteiger partial charge in [0, 0.05) is 0 Å². The van der Waals surface area contributed by atoms with E-state index in [0.29, 0.717) is 0 Å². The average Bonchev–Trinajstić information content (AvgIpc) is 2.69. The Morgan fingerprint density at radius 1 is 0.480 bits per heavy atom. The van der Waals surface area contributed by atoms with Gasteiger partial charge in [0.15, 0.2) is 0 Å². The van der Waals surface area contributed by atoms with Crippen LogP contribution in [0, 0.1) is 0 Å². The molecule has 0 heterocycles. The summed E-state index contributed by atoms with van der Waals surface area (Å²) in [6.07, 6.45) is 5.94. The summed E-state index contributed by atoms with van der Waals surface area (Å²) in [5.41, 5.74) is 3.71. The molecular formula is C24H21In. The van der Waals surface area contributed by atoms with Crippen molar-refractivity contribution in [3.05, 3.63) is 109 Å². The third-order valence-electron chi connectivity index (χ3n) is 4.58. The first-order valence-electron chi connectivity index (χ1n) is 8.44. The zero-order chi connectivity index (χ0) is 17.6. The molecule has 3 rings (SSSR count). The molecule has 0 unspecified atom stereocenters. The van der Waals surface area contributed by atoms with Gasteiger partial charge in [-0.05, 0) is 0 Å². The molecule has 0 saturated carbocycles. The summed E-state index contributed by atoms with van der Waals surface area (Å²) >= 11 is -2.61. The molecule has 0 radical (unpaired) electrons. The van der Waals surface area contributed by atoms with E-state index in [9.17, 15) is 0 Å². The van der Waals surface area contributed by atoms with Crippen LogP contribution in [-0.2, 0) is 0 Å². The van der Waals surface area contributed by atoms with Crippen LogP contribution in [0.4, 0.5) is 0 Å². The van der Waals surface area contributed by atoms with Crippen LogP contribution in [0.5, 0.6) is 0 Å². The SMILES string of the molecule is C=Cc1cccc[c]1[In]([c]1ccccc1C=C)[c]1ccccc1C=C. The molecule has 3 aromatic rings. The van der Waals surface area contributed by atoms with Crippen molar-refractivity contribution in [1.29, 1.82) is 0 Å². The summed E-state index contributed by atoms with van der Waals surface area (Å²) in [5.74, 6) is 0. The van der Waals surface area contributed by atoms with Crippen molar-refractivity contribution >= 4 is 49.6 Å². The van der Waals surface area contributed by atoms with E-state index in [1.54, 1.807) is 0 Å². The van der Waals surface area contributed by atoms with Gasteiger partial charge in [-0.15, -0.1) is 0 Å². The molecule has 0 atom stereocenters. The Hall–Kier alpha value is -2.25. The number of hydrogen-bond acceptors (Lipinski definition) is 0. The van der Waals surface area contributed by atoms with Crippen molar-refractivity contribution in [3.63, 3.8) is 0 Å². The Morgan fingerprint density at radius 2 is 0.760 bits per heavy atom. The molecule has 0 nitrogen and oxygen atoms in total. The molecule has 0 amide bonds. The summed E-state index contributed by atoms with van der Waals surface area (Å²) in [6.45, 7) is 12.1. The van der Waals surface area contributed by atoms with Crippen LogP contribution in [0.25, 0.3) is 18.2 Å². The predicted octanol–water partition coefficient (Wildman–Crippen LogP) is 4.13. The second kappa shape index (κ2) is 8.22. The van der Waals surface area contributed by atoms with Gasteiger partial charge in [-0.3, -0.25) is 0 Å². The van der Waals surface area contributed by atoms with E-state index in [2.05, 4.69) is 92.5 Å². The molecule has 120 valence electrons. The average molecular weight is 424 g/mol. The first-order valence-corrected chi connectivity index (χ1v) is 13.4. The molecule has 0 N–H and O–H groups in total. The van der Waals surface area contributed by atoms with Crippen molar-refractivity contribution in [2.45, 2.75) is 0 Å². The fourth-order valence-electron chi connectivity index (χ4n) is 3.38. The molecule has 25 heavy (non-hydrogen) atoms. The van der Waals surface area contributed by atoms with Gasteiger partial charge in [-0.25, -0.2) is 0 Å². The summed E-state index contributed by atoms with van der Waals surface area (Å²) in [4.78, 5) is 0. The van der Waals surface area contributed by atoms with Crippen LogP contribution < -0.4 is 9.96 Å². The van der Waals surface area contributed by atoms with E-state index >= 15 is 0 Å². The molecule has 3 aromatic carbocycles. The number of benzene rings is 3. The van der Waals surface area contributed by atoms with Gasteiger partial charge in [-0.2, -0.15) is 0 Å². The molecule has 0 fully saturated rings. The first-order chi connectivity index (χ1) is 12.3. The first kappa shape index (κ1) is 17.6. The minimum atomic E-state index is -2.61. The van der Waals surface area contributed by atoms with Gasteiger partial charge in [0.2, 0.25) is 0 Å². The van der Waals surface area contributed by atoms with Crippen LogP contribution >= 0.6 is 0 Å². The fraction of sp³-hybridized carbons (Fsp3) is 0. The Balaban J connectivity index is 2.34. The van der Waals surface area contributed by atoms with Crippen LogP contribution in [0.1, 0.15) is 16.7 Å². The van der Waals surface area contributed by atoms with Gasteiger partial charge >= 0.3 is 159 Å². The topological polar surface area (TPSA) is 0 Å². The molecule has 0 bridgehead atoms. The maximum absolute atomic E-state index is 4.04. The maximum atomic E-state index is 4.04. The van der Waals surface area contributed by atoms with Crippen molar-refractivity contribution in [2.75, 3.05) is 0 Å². The summed E-state index contributed by atoms with van der Waals surface area (Å²) in [5, 5.41) is 0. The second-order valence-electron chi connectivity index (χ2n) is 5.93. The Morgan fingerprint density at radius 3 is 1.04 bits per heavy atom. The molecular weight excluding hydrogens is 403 g/mol. The Kier molecular flexibility index (Phi) is 5.78. The molecule has 0 spiro atoms. The van der Waals surface area contributed by atoms with Gasteiger partial charge in [-0.1, -0.05) is 0 Å². The molecule has 1 heteroatoms.